The first-order chi connectivity index (χ1) is 16.2. The molecule has 5 nitrogen and oxygen atoms in total. The molecular formula is C28H30FNO4. The Bertz CT molecular complexity index is 1210. The highest BCUT2D eigenvalue weighted by molar-refractivity contribution is 5.82. The van der Waals surface area contributed by atoms with Gasteiger partial charge in [0.25, 0.3) is 5.91 Å². The van der Waals surface area contributed by atoms with Crippen LogP contribution in [0, 0.1) is 19.7 Å². The van der Waals surface area contributed by atoms with Gasteiger partial charge < -0.3 is 15.2 Å². The summed E-state index contributed by atoms with van der Waals surface area (Å²) >= 11 is 0. The van der Waals surface area contributed by atoms with Gasteiger partial charge in [0.15, 0.2) is 6.10 Å². The van der Waals surface area contributed by atoms with Crippen molar-refractivity contribution in [1.29, 1.82) is 0 Å². The van der Waals surface area contributed by atoms with Crippen molar-refractivity contribution in [1.82, 2.24) is 5.32 Å². The molecule has 1 atom stereocenters. The van der Waals surface area contributed by atoms with Gasteiger partial charge in [-0.2, -0.15) is 0 Å². The minimum absolute atomic E-state index is 0.0251. The first-order valence-electron chi connectivity index (χ1n) is 11.3. The highest BCUT2D eigenvalue weighted by atomic mass is 19.1. The van der Waals surface area contributed by atoms with Crippen molar-refractivity contribution in [3.63, 3.8) is 0 Å². The lowest BCUT2D eigenvalue weighted by molar-refractivity contribution is -0.140. The van der Waals surface area contributed by atoms with Gasteiger partial charge in [-0.15, -0.1) is 0 Å². The molecule has 0 fully saturated rings. The molecule has 0 aliphatic carbocycles. The van der Waals surface area contributed by atoms with Gasteiger partial charge in [0.1, 0.15) is 5.82 Å². The molecule has 3 aromatic rings. The van der Waals surface area contributed by atoms with Gasteiger partial charge in [-0.05, 0) is 78.3 Å². The van der Waals surface area contributed by atoms with E-state index in [1.54, 1.807) is 26.0 Å². The molecule has 1 aliphatic heterocycles. The van der Waals surface area contributed by atoms with E-state index in [0.29, 0.717) is 29.7 Å². The van der Waals surface area contributed by atoms with E-state index in [9.17, 15) is 19.1 Å². The third-order valence-corrected chi connectivity index (χ3v) is 5.69. The van der Waals surface area contributed by atoms with E-state index < -0.39 is 12.0 Å². The molecule has 0 spiro atoms. The van der Waals surface area contributed by atoms with Gasteiger partial charge in [0, 0.05) is 19.0 Å². The monoisotopic (exact) mass is 463 g/mol. The number of fused-ring (bicyclic) bond motifs is 6. The number of carbonyl (C=O) groups excluding carboxylic acids is 2. The number of esters is 1. The maximum absolute atomic E-state index is 14.7. The van der Waals surface area contributed by atoms with E-state index in [4.69, 9.17) is 0 Å². The Hall–Kier alpha value is -3.51. The first kappa shape index (κ1) is 25.1. The van der Waals surface area contributed by atoms with E-state index >= 15 is 0 Å². The lowest BCUT2D eigenvalue weighted by Crippen LogP contribution is -2.29. The molecular weight excluding hydrogens is 433 g/mol. The van der Waals surface area contributed by atoms with Gasteiger partial charge in [-0.3, -0.25) is 9.59 Å². The van der Waals surface area contributed by atoms with E-state index in [0.717, 1.165) is 27.8 Å². The largest absolute Gasteiger partial charge is 0.466 e. The van der Waals surface area contributed by atoms with Gasteiger partial charge >= 0.3 is 5.97 Å². The summed E-state index contributed by atoms with van der Waals surface area (Å²) in [6.45, 7) is 7.47. The fourth-order valence-electron chi connectivity index (χ4n) is 4.13. The highest BCUT2D eigenvalue weighted by Gasteiger charge is 2.20. The SMILES string of the molecule is CCOC(C)=O.Cc1cc2cc(c1F)CNC(=O)C(O)c1cccc(c1)Cc1cccc(C)c1-2. The molecule has 34 heavy (non-hydrogen) atoms. The summed E-state index contributed by atoms with van der Waals surface area (Å²) in [6.07, 6.45) is -0.629. The number of aliphatic hydroxyl groups is 1. The topological polar surface area (TPSA) is 75.6 Å². The Kier molecular flexibility index (Phi) is 8.18. The summed E-state index contributed by atoms with van der Waals surface area (Å²) in [5, 5.41) is 13.1. The number of hydrogen-bond acceptors (Lipinski definition) is 4. The van der Waals surface area contributed by atoms with Crippen LogP contribution >= 0.6 is 0 Å². The zero-order valence-electron chi connectivity index (χ0n) is 19.9. The van der Waals surface area contributed by atoms with Crippen molar-refractivity contribution < 1.29 is 23.8 Å². The minimum Gasteiger partial charge on any atom is -0.466 e. The summed E-state index contributed by atoms with van der Waals surface area (Å²) in [5.41, 5.74) is 6.76. The Balaban J connectivity index is 0.000000481. The first-order valence-corrected chi connectivity index (χ1v) is 11.3. The third kappa shape index (κ3) is 5.88. The predicted octanol–water partition coefficient (Wildman–Crippen LogP) is 4.93. The normalized spacial score (nSPS) is 14.8. The lowest BCUT2D eigenvalue weighted by Gasteiger charge is -2.16. The number of amides is 1. The second kappa shape index (κ2) is 11.1. The number of benzene rings is 3. The minimum atomic E-state index is -1.29. The van der Waals surface area contributed by atoms with E-state index in [2.05, 4.69) is 29.1 Å². The van der Waals surface area contributed by atoms with Gasteiger partial charge in [0.05, 0.1) is 6.61 Å². The predicted molar refractivity (Wildman–Crippen MR) is 130 cm³/mol. The van der Waals surface area contributed by atoms with E-state index in [-0.39, 0.29) is 18.3 Å². The van der Waals surface area contributed by atoms with Crippen LogP contribution in [0.15, 0.2) is 54.6 Å². The third-order valence-electron chi connectivity index (χ3n) is 5.69. The van der Waals surface area contributed by atoms with Gasteiger partial charge in [-0.1, -0.05) is 42.5 Å². The van der Waals surface area contributed by atoms with Crippen molar-refractivity contribution in [2.24, 2.45) is 0 Å². The van der Waals surface area contributed by atoms with E-state index in [1.165, 1.54) is 6.92 Å². The van der Waals surface area contributed by atoms with Crippen molar-refractivity contribution in [2.45, 2.75) is 46.8 Å². The van der Waals surface area contributed by atoms with Crippen molar-refractivity contribution in [2.75, 3.05) is 6.61 Å². The molecule has 0 saturated heterocycles. The molecule has 0 aromatic heterocycles. The average molecular weight is 464 g/mol. The highest BCUT2D eigenvalue weighted by Crippen LogP contribution is 2.32. The molecule has 0 radical (unpaired) electrons. The van der Waals surface area contributed by atoms with Gasteiger partial charge in [-0.25, -0.2) is 4.39 Å². The number of carbonyl (C=O) groups is 2. The Morgan fingerprint density at radius 3 is 2.50 bits per heavy atom. The Labute approximate surface area is 199 Å². The number of rotatable bonds is 1. The Morgan fingerprint density at radius 2 is 1.82 bits per heavy atom. The second-order valence-electron chi connectivity index (χ2n) is 8.34. The van der Waals surface area contributed by atoms with Crippen LogP contribution in [0.2, 0.25) is 0 Å². The average Bonchev–Trinajstić information content (AvgIpc) is 2.80. The Morgan fingerprint density at radius 1 is 1.09 bits per heavy atom. The number of nitrogens with one attached hydrogen (secondary N) is 1. The summed E-state index contributed by atoms with van der Waals surface area (Å²) in [7, 11) is 0. The number of ether oxygens (including phenoxy) is 1. The quantitative estimate of drug-likeness (QED) is 0.502. The van der Waals surface area contributed by atoms with Crippen molar-refractivity contribution >= 4 is 11.9 Å². The molecule has 0 saturated carbocycles. The summed E-state index contributed by atoms with van der Waals surface area (Å²) < 4.78 is 19.1. The zero-order chi connectivity index (χ0) is 24.8. The summed E-state index contributed by atoms with van der Waals surface area (Å²) in [5.74, 6) is -1.07. The maximum Gasteiger partial charge on any atom is 0.302 e. The molecule has 178 valence electrons. The molecule has 6 heteroatoms. The number of halogens is 1. The van der Waals surface area contributed by atoms with Crippen LogP contribution in [0.5, 0.6) is 0 Å². The molecule has 3 aromatic carbocycles. The molecule has 1 amide bonds. The van der Waals surface area contributed by atoms with Crippen LogP contribution in [0.1, 0.15) is 53.3 Å². The molecule has 2 N–H and O–H groups in total. The van der Waals surface area contributed by atoms with Crippen molar-refractivity contribution in [3.8, 4) is 11.1 Å². The van der Waals surface area contributed by atoms with Crippen LogP contribution in [0.25, 0.3) is 11.1 Å². The van der Waals surface area contributed by atoms with E-state index in [1.807, 2.05) is 30.3 Å². The van der Waals surface area contributed by atoms with Crippen LogP contribution in [0.3, 0.4) is 0 Å². The molecule has 1 heterocycles. The van der Waals surface area contributed by atoms with Crippen molar-refractivity contribution in [3.05, 3.63) is 93.8 Å². The summed E-state index contributed by atoms with van der Waals surface area (Å²) in [4.78, 5) is 22.2. The van der Waals surface area contributed by atoms with Crippen LogP contribution in [-0.4, -0.2) is 23.6 Å². The second-order valence-corrected chi connectivity index (χ2v) is 8.34. The lowest BCUT2D eigenvalue weighted by atomic mass is 9.89. The summed E-state index contributed by atoms with van der Waals surface area (Å²) in [6, 6.07) is 17.2. The standard InChI is InChI=1S/C24H22FNO2.C4H8O2/c1-14-5-3-7-17-10-16-6-4-8-18(11-16)23(27)24(28)26-13-20-12-19(21(14)17)9-15(2)22(20)25;1-3-6-4(2)5/h3-9,11-12,23,27H,10,13H2,1-2H3,(H,26,28);3H2,1-2H3. The van der Waals surface area contributed by atoms with Crippen LogP contribution < -0.4 is 5.32 Å². The fraction of sp³-hybridized carbons (Fsp3) is 0.286. The van der Waals surface area contributed by atoms with Crippen LogP contribution in [-0.2, 0) is 27.3 Å². The number of aliphatic hydroxyl groups excluding tert-OH is 1. The molecule has 1 aliphatic rings. The zero-order valence-corrected chi connectivity index (χ0v) is 19.9. The number of aryl methyl sites for hydroxylation is 2. The number of hydrogen-bond donors (Lipinski definition) is 2. The fourth-order valence-corrected chi connectivity index (χ4v) is 4.13. The molecule has 4 bridgehead atoms. The van der Waals surface area contributed by atoms with Gasteiger partial charge in [0.2, 0.25) is 0 Å². The smallest absolute Gasteiger partial charge is 0.302 e. The molecule has 4 rings (SSSR count). The maximum atomic E-state index is 14.7. The van der Waals surface area contributed by atoms with Crippen LogP contribution in [0.4, 0.5) is 4.39 Å². The molecule has 1 unspecified atom stereocenters.